The second kappa shape index (κ2) is 10.2. The van der Waals surface area contributed by atoms with Crippen LogP contribution in [0.5, 0.6) is 0 Å². The van der Waals surface area contributed by atoms with E-state index in [4.69, 9.17) is 11.6 Å². The summed E-state index contributed by atoms with van der Waals surface area (Å²) in [5.74, 6) is -0.145. The normalized spacial score (nSPS) is 14.3. The number of nitrogens with one attached hydrogen (secondary N) is 1. The van der Waals surface area contributed by atoms with Crippen LogP contribution < -0.4 is 10.2 Å². The van der Waals surface area contributed by atoms with Crippen LogP contribution >= 0.6 is 11.6 Å². The molecule has 28 heavy (non-hydrogen) atoms. The van der Waals surface area contributed by atoms with Gasteiger partial charge in [-0.05, 0) is 25.6 Å². The van der Waals surface area contributed by atoms with Crippen LogP contribution in [-0.4, -0.2) is 78.9 Å². The Morgan fingerprint density at radius 1 is 1.21 bits per heavy atom. The number of carbonyl (C=O) groups excluding carboxylic acids is 2. The Hall–Kier alpha value is -2.39. The first kappa shape index (κ1) is 21.9. The second-order valence-electron chi connectivity index (χ2n) is 6.51. The molecule has 0 radical (unpaired) electrons. The number of likely N-dealkylation sites (N-methyl/N-ethyl adjacent to an activating group) is 2. The van der Waals surface area contributed by atoms with Crippen molar-refractivity contribution in [1.29, 1.82) is 0 Å². The number of nitrogens with zero attached hydrogens (tertiary/aromatic N) is 4. The zero-order valence-electron chi connectivity index (χ0n) is 16.2. The number of piperazine rings is 1. The van der Waals surface area contributed by atoms with Gasteiger partial charge < -0.3 is 15.1 Å². The lowest BCUT2D eigenvalue weighted by atomic mass is 10.2. The van der Waals surface area contributed by atoms with E-state index in [1.165, 1.54) is 6.07 Å². The molecule has 0 aliphatic carbocycles. The number of hydrogen-bond acceptors (Lipinski definition) is 6. The Morgan fingerprint density at radius 3 is 2.46 bits per heavy atom. The van der Waals surface area contributed by atoms with Crippen LogP contribution in [0, 0.1) is 10.1 Å². The van der Waals surface area contributed by atoms with E-state index in [1.807, 2.05) is 18.7 Å². The molecule has 9 nitrogen and oxygen atoms in total. The summed E-state index contributed by atoms with van der Waals surface area (Å²) in [5.41, 5.74) is 0.472. The first-order valence-electron chi connectivity index (χ1n) is 9.31. The smallest absolute Gasteiger partial charge is 0.294 e. The first-order valence-corrected chi connectivity index (χ1v) is 9.69. The predicted octanol–water partition coefficient (Wildman–Crippen LogP) is 1.35. The van der Waals surface area contributed by atoms with Gasteiger partial charge in [0.1, 0.15) is 5.69 Å². The summed E-state index contributed by atoms with van der Waals surface area (Å²) < 4.78 is 0. The molecule has 1 aromatic carbocycles. The number of nitro groups is 1. The van der Waals surface area contributed by atoms with Crippen molar-refractivity contribution in [1.82, 2.24) is 15.1 Å². The summed E-state index contributed by atoms with van der Waals surface area (Å²) in [6.45, 7) is 7.21. The van der Waals surface area contributed by atoms with E-state index in [1.54, 1.807) is 21.9 Å². The van der Waals surface area contributed by atoms with Gasteiger partial charge in [-0.25, -0.2) is 0 Å². The maximum atomic E-state index is 12.6. The van der Waals surface area contributed by atoms with E-state index >= 15 is 0 Å². The van der Waals surface area contributed by atoms with Crippen molar-refractivity contribution in [3.63, 3.8) is 0 Å². The number of halogens is 1. The number of carbonyl (C=O) groups is 2. The molecule has 10 heteroatoms. The number of benzene rings is 1. The summed E-state index contributed by atoms with van der Waals surface area (Å²) in [6, 6.07) is 4.61. The van der Waals surface area contributed by atoms with E-state index in [2.05, 4.69) is 5.32 Å². The van der Waals surface area contributed by atoms with E-state index in [0.717, 1.165) is 0 Å². The van der Waals surface area contributed by atoms with Crippen molar-refractivity contribution in [3.8, 4) is 0 Å². The van der Waals surface area contributed by atoms with Crippen LogP contribution in [0.15, 0.2) is 18.2 Å². The lowest BCUT2D eigenvalue weighted by Gasteiger charge is -2.36. The van der Waals surface area contributed by atoms with Gasteiger partial charge in [-0.1, -0.05) is 18.5 Å². The van der Waals surface area contributed by atoms with Gasteiger partial charge in [0.2, 0.25) is 11.8 Å². The summed E-state index contributed by atoms with van der Waals surface area (Å²) in [6.07, 6.45) is 0. The van der Waals surface area contributed by atoms with Crippen molar-refractivity contribution in [2.45, 2.75) is 13.8 Å². The Kier molecular flexibility index (Phi) is 8.01. The Bertz CT molecular complexity index is 722. The average Bonchev–Trinajstić information content (AvgIpc) is 2.67. The molecule has 1 fully saturated rings. The average molecular weight is 412 g/mol. The summed E-state index contributed by atoms with van der Waals surface area (Å²) >= 11 is 5.87. The highest BCUT2D eigenvalue weighted by Crippen LogP contribution is 2.31. The predicted molar refractivity (Wildman–Crippen MR) is 108 cm³/mol. The van der Waals surface area contributed by atoms with Crippen LogP contribution in [0.3, 0.4) is 0 Å². The molecule has 1 heterocycles. The van der Waals surface area contributed by atoms with Gasteiger partial charge >= 0.3 is 0 Å². The van der Waals surface area contributed by atoms with Crippen LogP contribution in [0.1, 0.15) is 13.8 Å². The monoisotopic (exact) mass is 411 g/mol. The summed E-state index contributed by atoms with van der Waals surface area (Å²) in [5, 5.41) is 14.3. The van der Waals surface area contributed by atoms with E-state index in [0.29, 0.717) is 50.0 Å². The third-order valence-corrected chi connectivity index (χ3v) is 4.89. The standard InChI is InChI=1S/C18H26ClN5O4/c1-3-20-17(25)12-21(4-2)13-18(26)23-9-7-22(8-10-23)15-6-5-14(19)11-16(15)24(27)28/h5-6,11H,3-4,7-10,12-13H2,1-2H3,(H,20,25). The number of rotatable bonds is 8. The fourth-order valence-corrected chi connectivity index (χ4v) is 3.30. The van der Waals surface area contributed by atoms with Gasteiger partial charge in [0.25, 0.3) is 5.69 Å². The van der Waals surface area contributed by atoms with Crippen molar-refractivity contribution < 1.29 is 14.5 Å². The number of amides is 2. The topological polar surface area (TPSA) is 99.0 Å². The Morgan fingerprint density at radius 2 is 1.89 bits per heavy atom. The van der Waals surface area contributed by atoms with Crippen molar-refractivity contribution in [3.05, 3.63) is 33.3 Å². The Labute approximate surface area is 169 Å². The maximum Gasteiger partial charge on any atom is 0.294 e. The molecule has 1 N–H and O–H groups in total. The molecule has 2 rings (SSSR count). The highest BCUT2D eigenvalue weighted by molar-refractivity contribution is 6.30. The van der Waals surface area contributed by atoms with E-state index in [9.17, 15) is 19.7 Å². The molecule has 1 aliphatic heterocycles. The minimum Gasteiger partial charge on any atom is -0.362 e. The first-order chi connectivity index (χ1) is 13.3. The zero-order valence-corrected chi connectivity index (χ0v) is 16.9. The van der Waals surface area contributed by atoms with Gasteiger partial charge in [-0.3, -0.25) is 24.6 Å². The molecule has 1 aliphatic rings. The molecule has 1 saturated heterocycles. The van der Waals surface area contributed by atoms with E-state index in [-0.39, 0.29) is 30.6 Å². The molecule has 0 bridgehead atoms. The molecule has 1 aromatic rings. The van der Waals surface area contributed by atoms with E-state index < -0.39 is 4.92 Å². The summed E-state index contributed by atoms with van der Waals surface area (Å²) in [4.78, 5) is 40.6. The van der Waals surface area contributed by atoms with Crippen molar-refractivity contribution in [2.24, 2.45) is 0 Å². The summed E-state index contributed by atoms with van der Waals surface area (Å²) in [7, 11) is 0. The van der Waals surface area contributed by atoms with Gasteiger partial charge in [-0.2, -0.15) is 0 Å². The van der Waals surface area contributed by atoms with Crippen LogP contribution in [-0.2, 0) is 9.59 Å². The number of anilines is 1. The molecule has 0 aromatic heterocycles. The van der Waals surface area contributed by atoms with Gasteiger partial charge in [0, 0.05) is 43.8 Å². The fraction of sp³-hybridized carbons (Fsp3) is 0.556. The van der Waals surface area contributed by atoms with Crippen LogP contribution in [0.4, 0.5) is 11.4 Å². The Balaban J connectivity index is 1.93. The molecule has 2 amide bonds. The van der Waals surface area contributed by atoms with Crippen LogP contribution in [0.2, 0.25) is 5.02 Å². The molecule has 0 spiro atoms. The van der Waals surface area contributed by atoms with Gasteiger partial charge in [0.15, 0.2) is 0 Å². The minimum absolute atomic E-state index is 0.0358. The fourth-order valence-electron chi connectivity index (χ4n) is 3.13. The third kappa shape index (κ3) is 5.80. The second-order valence-corrected chi connectivity index (χ2v) is 6.95. The lowest BCUT2D eigenvalue weighted by Crippen LogP contribution is -2.52. The largest absolute Gasteiger partial charge is 0.362 e. The molecule has 0 atom stereocenters. The van der Waals surface area contributed by atoms with Crippen molar-refractivity contribution in [2.75, 3.05) is 57.3 Å². The maximum absolute atomic E-state index is 12.6. The molecule has 154 valence electrons. The SMILES string of the molecule is CCNC(=O)CN(CC)CC(=O)N1CCN(c2ccc(Cl)cc2[N+](=O)[O-])CC1. The van der Waals surface area contributed by atoms with Gasteiger partial charge in [-0.15, -0.1) is 0 Å². The van der Waals surface area contributed by atoms with Crippen molar-refractivity contribution >= 4 is 34.8 Å². The third-order valence-electron chi connectivity index (χ3n) is 4.65. The number of hydrogen-bond donors (Lipinski definition) is 1. The lowest BCUT2D eigenvalue weighted by molar-refractivity contribution is -0.384. The minimum atomic E-state index is -0.445. The van der Waals surface area contributed by atoms with Crippen LogP contribution in [0.25, 0.3) is 0 Å². The quantitative estimate of drug-likeness (QED) is 0.512. The highest BCUT2D eigenvalue weighted by Gasteiger charge is 2.26. The molecular formula is C18H26ClN5O4. The molecule has 0 unspecified atom stereocenters. The molecular weight excluding hydrogens is 386 g/mol. The number of nitro benzene ring substituents is 1. The van der Waals surface area contributed by atoms with Gasteiger partial charge in [0.05, 0.1) is 18.0 Å². The molecule has 0 saturated carbocycles. The zero-order chi connectivity index (χ0) is 20.7. The highest BCUT2D eigenvalue weighted by atomic mass is 35.5.